The topological polar surface area (TPSA) is 50.4 Å². The number of carbonyl (C=O) groups is 1. The molecule has 120 valence electrons. The summed E-state index contributed by atoms with van der Waals surface area (Å²) in [6.45, 7) is 2.84. The molecule has 1 amide bonds. The Morgan fingerprint density at radius 3 is 2.96 bits per heavy atom. The van der Waals surface area contributed by atoms with Crippen molar-refractivity contribution in [3.63, 3.8) is 0 Å². The first-order valence-electron chi connectivity index (χ1n) is 7.61. The van der Waals surface area contributed by atoms with E-state index in [1.807, 2.05) is 31.2 Å². The van der Waals surface area contributed by atoms with E-state index in [0.717, 1.165) is 36.2 Å². The number of ether oxygens (including phenoxy) is 1. The van der Waals surface area contributed by atoms with Gasteiger partial charge in [0.1, 0.15) is 5.75 Å². The zero-order chi connectivity index (χ0) is 16.4. The van der Waals surface area contributed by atoms with E-state index in [4.69, 9.17) is 16.3 Å². The van der Waals surface area contributed by atoms with E-state index >= 15 is 0 Å². The van der Waals surface area contributed by atoms with Crippen molar-refractivity contribution in [2.45, 2.75) is 19.8 Å². The van der Waals surface area contributed by atoms with Gasteiger partial charge in [0.25, 0.3) is 5.91 Å². The molecule has 4 nitrogen and oxygen atoms in total. The highest BCUT2D eigenvalue weighted by Crippen LogP contribution is 2.32. The Morgan fingerprint density at radius 2 is 2.17 bits per heavy atom. The van der Waals surface area contributed by atoms with Crippen LogP contribution in [-0.2, 0) is 6.42 Å². The molecule has 0 spiro atoms. The fourth-order valence-corrected chi connectivity index (χ4v) is 3.00. The molecule has 5 heteroatoms. The molecule has 0 radical (unpaired) electrons. The van der Waals surface area contributed by atoms with E-state index in [2.05, 4.69) is 10.6 Å². The van der Waals surface area contributed by atoms with Gasteiger partial charge in [0.2, 0.25) is 0 Å². The van der Waals surface area contributed by atoms with Gasteiger partial charge in [0.05, 0.1) is 12.8 Å². The largest absolute Gasteiger partial charge is 0.495 e. The molecule has 0 bridgehead atoms. The molecule has 1 aliphatic rings. The zero-order valence-electron chi connectivity index (χ0n) is 13.2. The lowest BCUT2D eigenvalue weighted by Gasteiger charge is -2.21. The fraction of sp³-hybridized carbons (Fsp3) is 0.278. The van der Waals surface area contributed by atoms with Crippen molar-refractivity contribution < 1.29 is 9.53 Å². The maximum Gasteiger partial charge on any atom is 0.256 e. The maximum absolute atomic E-state index is 12.7. The van der Waals surface area contributed by atoms with Gasteiger partial charge in [-0.05, 0) is 49.1 Å². The number of benzene rings is 2. The summed E-state index contributed by atoms with van der Waals surface area (Å²) in [5.74, 6) is 0.419. The summed E-state index contributed by atoms with van der Waals surface area (Å²) < 4.78 is 5.32. The number of anilines is 2. The van der Waals surface area contributed by atoms with E-state index in [9.17, 15) is 4.79 Å². The third-order valence-corrected chi connectivity index (χ3v) is 4.48. The van der Waals surface area contributed by atoms with Gasteiger partial charge in [0, 0.05) is 28.9 Å². The van der Waals surface area contributed by atoms with Crippen LogP contribution in [0, 0.1) is 6.92 Å². The molecule has 0 aromatic heterocycles. The number of rotatable bonds is 3. The minimum Gasteiger partial charge on any atom is -0.495 e. The molecule has 1 aliphatic heterocycles. The monoisotopic (exact) mass is 330 g/mol. The van der Waals surface area contributed by atoms with Crippen LogP contribution in [0.5, 0.6) is 5.75 Å². The number of methoxy groups -OCH3 is 1. The first kappa shape index (κ1) is 15.7. The average molecular weight is 331 g/mol. The lowest BCUT2D eigenvalue weighted by molar-refractivity contribution is 0.102. The first-order valence-corrected chi connectivity index (χ1v) is 7.99. The van der Waals surface area contributed by atoms with Crippen LogP contribution in [-0.4, -0.2) is 19.6 Å². The van der Waals surface area contributed by atoms with Gasteiger partial charge >= 0.3 is 0 Å². The minimum absolute atomic E-state index is 0.134. The molecular formula is C18H19ClN2O2. The highest BCUT2D eigenvalue weighted by molar-refractivity contribution is 6.31. The highest BCUT2D eigenvalue weighted by atomic mass is 35.5. The molecule has 0 unspecified atom stereocenters. The summed E-state index contributed by atoms with van der Waals surface area (Å²) in [7, 11) is 1.56. The van der Waals surface area contributed by atoms with E-state index in [1.54, 1.807) is 13.2 Å². The third-order valence-electron chi connectivity index (χ3n) is 4.07. The summed E-state index contributed by atoms with van der Waals surface area (Å²) in [5, 5.41) is 6.90. The van der Waals surface area contributed by atoms with Gasteiger partial charge in [-0.3, -0.25) is 4.79 Å². The molecule has 3 rings (SSSR count). The molecule has 2 N–H and O–H groups in total. The van der Waals surface area contributed by atoms with Crippen LogP contribution in [0.1, 0.15) is 27.9 Å². The second-order valence-corrected chi connectivity index (χ2v) is 6.03. The number of hydrogen-bond acceptors (Lipinski definition) is 3. The summed E-state index contributed by atoms with van der Waals surface area (Å²) in [5.41, 5.74) is 4.33. The number of hydrogen-bond donors (Lipinski definition) is 2. The van der Waals surface area contributed by atoms with E-state index < -0.39 is 0 Å². The molecule has 0 saturated heterocycles. The van der Waals surface area contributed by atoms with E-state index in [-0.39, 0.29) is 5.91 Å². The summed E-state index contributed by atoms with van der Waals surface area (Å²) >= 11 is 6.11. The lowest BCUT2D eigenvalue weighted by Crippen LogP contribution is -2.19. The van der Waals surface area contributed by atoms with Crippen molar-refractivity contribution in [1.82, 2.24) is 0 Å². The zero-order valence-corrected chi connectivity index (χ0v) is 14.0. The number of fused-ring (bicyclic) bond motifs is 1. The standard InChI is InChI=1S/C18H19ClN2O2/c1-11-9-16(17(23-2)10-14(11)19)21-18(22)13-5-3-7-15-12(13)6-4-8-20-15/h3,5,7,9-10,20H,4,6,8H2,1-2H3,(H,21,22). The molecular weight excluding hydrogens is 312 g/mol. The Kier molecular flexibility index (Phi) is 4.44. The Labute approximate surface area is 140 Å². The predicted molar refractivity (Wildman–Crippen MR) is 93.9 cm³/mol. The number of halogens is 1. The summed E-state index contributed by atoms with van der Waals surface area (Å²) in [6, 6.07) is 9.31. The van der Waals surface area contributed by atoms with Crippen LogP contribution in [0.2, 0.25) is 5.02 Å². The smallest absolute Gasteiger partial charge is 0.256 e. The normalized spacial score (nSPS) is 13.0. The first-order chi connectivity index (χ1) is 11.1. The van der Waals surface area contributed by atoms with Gasteiger partial charge in [-0.25, -0.2) is 0 Å². The van der Waals surface area contributed by atoms with Crippen molar-refractivity contribution in [2.24, 2.45) is 0 Å². The number of nitrogens with one attached hydrogen (secondary N) is 2. The van der Waals surface area contributed by atoms with Crippen LogP contribution in [0.25, 0.3) is 0 Å². The Balaban J connectivity index is 1.93. The van der Waals surface area contributed by atoms with E-state index in [0.29, 0.717) is 22.0 Å². The Hall–Kier alpha value is -2.20. The molecule has 0 atom stereocenters. The van der Waals surface area contributed by atoms with Crippen molar-refractivity contribution in [3.05, 3.63) is 52.0 Å². The Morgan fingerprint density at radius 1 is 1.35 bits per heavy atom. The van der Waals surface area contributed by atoms with Gasteiger partial charge < -0.3 is 15.4 Å². The van der Waals surface area contributed by atoms with Gasteiger partial charge in [0.15, 0.2) is 0 Å². The molecule has 0 aliphatic carbocycles. The number of aryl methyl sites for hydroxylation is 1. The molecule has 2 aromatic rings. The second kappa shape index (κ2) is 6.50. The van der Waals surface area contributed by atoms with Crippen LogP contribution in [0.15, 0.2) is 30.3 Å². The third kappa shape index (κ3) is 3.13. The quantitative estimate of drug-likeness (QED) is 0.883. The van der Waals surface area contributed by atoms with Crippen molar-refractivity contribution in [2.75, 3.05) is 24.3 Å². The van der Waals surface area contributed by atoms with Crippen LogP contribution >= 0.6 is 11.6 Å². The van der Waals surface area contributed by atoms with Gasteiger partial charge in [-0.15, -0.1) is 0 Å². The van der Waals surface area contributed by atoms with Crippen molar-refractivity contribution >= 4 is 28.9 Å². The van der Waals surface area contributed by atoms with Crippen LogP contribution in [0.3, 0.4) is 0 Å². The summed E-state index contributed by atoms with van der Waals surface area (Å²) in [6.07, 6.45) is 1.93. The SMILES string of the molecule is COc1cc(Cl)c(C)cc1NC(=O)c1cccc2c1CCCN2. The lowest BCUT2D eigenvalue weighted by atomic mass is 9.97. The van der Waals surface area contributed by atoms with E-state index in [1.165, 1.54) is 0 Å². The number of amides is 1. The van der Waals surface area contributed by atoms with Gasteiger partial charge in [-0.2, -0.15) is 0 Å². The van der Waals surface area contributed by atoms with Crippen LogP contribution < -0.4 is 15.4 Å². The average Bonchev–Trinajstić information content (AvgIpc) is 2.57. The summed E-state index contributed by atoms with van der Waals surface area (Å²) in [4.78, 5) is 12.7. The fourth-order valence-electron chi connectivity index (χ4n) is 2.84. The molecule has 0 fully saturated rings. The molecule has 0 saturated carbocycles. The maximum atomic E-state index is 12.7. The molecule has 2 aromatic carbocycles. The predicted octanol–water partition coefficient (Wildman–Crippen LogP) is 4.27. The van der Waals surface area contributed by atoms with Crippen LogP contribution in [0.4, 0.5) is 11.4 Å². The number of carbonyl (C=O) groups excluding carboxylic acids is 1. The van der Waals surface area contributed by atoms with Crippen molar-refractivity contribution in [3.8, 4) is 5.75 Å². The second-order valence-electron chi connectivity index (χ2n) is 5.62. The molecule has 23 heavy (non-hydrogen) atoms. The Bertz CT molecular complexity index is 759. The van der Waals surface area contributed by atoms with Crippen molar-refractivity contribution in [1.29, 1.82) is 0 Å². The highest BCUT2D eigenvalue weighted by Gasteiger charge is 2.18. The minimum atomic E-state index is -0.134. The van der Waals surface area contributed by atoms with Gasteiger partial charge in [-0.1, -0.05) is 17.7 Å². The molecule has 1 heterocycles.